The summed E-state index contributed by atoms with van der Waals surface area (Å²) < 4.78 is 1.36. The zero-order valence-electron chi connectivity index (χ0n) is 8.05. The first-order valence-electron chi connectivity index (χ1n) is 4.41. The molecule has 1 amide bonds. The molecule has 78 valence electrons. The van der Waals surface area contributed by atoms with Crippen LogP contribution in [0.4, 0.5) is 0 Å². The average Bonchev–Trinajstić information content (AvgIpc) is 2.56. The number of rotatable bonds is 5. The maximum Gasteiger partial charge on any atom is 0.241 e. The first-order valence-corrected chi connectivity index (χ1v) is 4.41. The second-order valence-electron chi connectivity index (χ2n) is 3.12. The molecule has 1 heterocycles. The van der Waals surface area contributed by atoms with Gasteiger partial charge in [-0.05, 0) is 23.8 Å². The Kier molecular flexibility index (Phi) is 3.99. The van der Waals surface area contributed by atoms with Crippen molar-refractivity contribution in [3.63, 3.8) is 0 Å². The van der Waals surface area contributed by atoms with Crippen LogP contribution >= 0.6 is 0 Å². The van der Waals surface area contributed by atoms with Crippen molar-refractivity contribution >= 4 is 5.91 Å². The summed E-state index contributed by atoms with van der Waals surface area (Å²) in [6.07, 6.45) is 2.16. The zero-order chi connectivity index (χ0) is 10.4. The van der Waals surface area contributed by atoms with Crippen LogP contribution in [0.15, 0.2) is 6.33 Å². The molecular weight excluding hydrogens is 184 g/mol. The minimum absolute atomic E-state index is 0.100. The zero-order valence-corrected chi connectivity index (χ0v) is 8.05. The molecule has 7 nitrogen and oxygen atoms in total. The van der Waals surface area contributed by atoms with Gasteiger partial charge in [0.15, 0.2) is 0 Å². The third-order valence-corrected chi connectivity index (χ3v) is 1.62. The van der Waals surface area contributed by atoms with Gasteiger partial charge in [-0.15, -0.1) is 5.10 Å². The molecular formula is C7H14N6O. The summed E-state index contributed by atoms with van der Waals surface area (Å²) in [5.74, 6) is -0.113. The average molecular weight is 198 g/mol. The van der Waals surface area contributed by atoms with Crippen molar-refractivity contribution in [1.82, 2.24) is 25.5 Å². The fourth-order valence-electron chi connectivity index (χ4n) is 0.895. The monoisotopic (exact) mass is 198 g/mol. The van der Waals surface area contributed by atoms with Crippen molar-refractivity contribution in [3.8, 4) is 0 Å². The number of carbonyl (C=O) groups is 1. The van der Waals surface area contributed by atoms with Crippen LogP contribution in [0, 0.1) is 0 Å². The second kappa shape index (κ2) is 5.28. The predicted octanol–water partition coefficient (Wildman–Crippen LogP) is -1.47. The van der Waals surface area contributed by atoms with Gasteiger partial charge in [0.25, 0.3) is 0 Å². The Bertz CT molecular complexity index is 270. The van der Waals surface area contributed by atoms with Crippen LogP contribution in [-0.4, -0.2) is 38.7 Å². The number of nitrogens with zero attached hydrogens (tertiary/aromatic N) is 4. The summed E-state index contributed by atoms with van der Waals surface area (Å²) in [5, 5.41) is 13.1. The molecule has 0 bridgehead atoms. The highest BCUT2D eigenvalue weighted by Crippen LogP contribution is 1.83. The van der Waals surface area contributed by atoms with Crippen LogP contribution in [0.5, 0.6) is 0 Å². The van der Waals surface area contributed by atoms with E-state index in [4.69, 9.17) is 5.73 Å². The Morgan fingerprint density at radius 1 is 1.71 bits per heavy atom. The van der Waals surface area contributed by atoms with Gasteiger partial charge < -0.3 is 11.1 Å². The van der Waals surface area contributed by atoms with Gasteiger partial charge in [0.2, 0.25) is 5.91 Å². The summed E-state index contributed by atoms with van der Waals surface area (Å²) >= 11 is 0. The van der Waals surface area contributed by atoms with E-state index >= 15 is 0 Å². The van der Waals surface area contributed by atoms with Crippen molar-refractivity contribution in [3.05, 3.63) is 6.33 Å². The van der Waals surface area contributed by atoms with Gasteiger partial charge in [0.1, 0.15) is 12.9 Å². The predicted molar refractivity (Wildman–Crippen MR) is 49.1 cm³/mol. The van der Waals surface area contributed by atoms with E-state index < -0.39 is 0 Å². The molecule has 1 rings (SSSR count). The molecule has 0 aliphatic heterocycles. The molecule has 0 saturated carbocycles. The maximum atomic E-state index is 11.2. The molecule has 1 unspecified atom stereocenters. The lowest BCUT2D eigenvalue weighted by Crippen LogP contribution is -2.31. The van der Waals surface area contributed by atoms with Crippen molar-refractivity contribution in [2.45, 2.75) is 25.9 Å². The number of nitrogens with two attached hydrogens (primary N) is 1. The fraction of sp³-hybridized carbons (Fsp3) is 0.714. The van der Waals surface area contributed by atoms with E-state index in [0.717, 1.165) is 6.42 Å². The minimum Gasteiger partial charge on any atom is -0.354 e. The number of hydrogen-bond donors (Lipinski definition) is 2. The number of tetrazole rings is 1. The van der Waals surface area contributed by atoms with Crippen molar-refractivity contribution in [2.75, 3.05) is 6.54 Å². The lowest BCUT2D eigenvalue weighted by atomic mass is 10.2. The van der Waals surface area contributed by atoms with Gasteiger partial charge >= 0.3 is 0 Å². The van der Waals surface area contributed by atoms with E-state index in [1.807, 2.05) is 6.92 Å². The van der Waals surface area contributed by atoms with Crippen LogP contribution in [0.25, 0.3) is 0 Å². The van der Waals surface area contributed by atoms with E-state index in [1.54, 1.807) is 0 Å². The standard InChI is InChI=1S/C7H14N6O/c1-6(8)2-3-9-7(14)4-13-5-10-11-12-13/h5-6H,2-4,8H2,1H3,(H,9,14). The molecule has 0 aliphatic rings. The molecule has 1 aromatic rings. The lowest BCUT2D eigenvalue weighted by molar-refractivity contribution is -0.121. The molecule has 0 aliphatic carbocycles. The smallest absolute Gasteiger partial charge is 0.241 e. The van der Waals surface area contributed by atoms with Gasteiger partial charge in [-0.3, -0.25) is 4.79 Å². The normalized spacial score (nSPS) is 12.4. The van der Waals surface area contributed by atoms with Gasteiger partial charge in [0, 0.05) is 12.6 Å². The third-order valence-electron chi connectivity index (χ3n) is 1.62. The summed E-state index contributed by atoms with van der Waals surface area (Å²) in [6.45, 7) is 2.62. The highest BCUT2D eigenvalue weighted by molar-refractivity contribution is 5.75. The van der Waals surface area contributed by atoms with Gasteiger partial charge in [-0.2, -0.15) is 0 Å². The van der Waals surface area contributed by atoms with Gasteiger partial charge in [-0.25, -0.2) is 4.68 Å². The Morgan fingerprint density at radius 2 is 2.50 bits per heavy atom. The minimum atomic E-state index is -0.113. The Balaban J connectivity index is 2.17. The number of hydrogen-bond acceptors (Lipinski definition) is 5. The molecule has 3 N–H and O–H groups in total. The molecule has 14 heavy (non-hydrogen) atoms. The number of nitrogens with one attached hydrogen (secondary N) is 1. The van der Waals surface area contributed by atoms with Gasteiger partial charge in [-0.1, -0.05) is 0 Å². The molecule has 1 aromatic heterocycles. The Hall–Kier alpha value is -1.50. The molecule has 0 radical (unpaired) electrons. The number of carbonyl (C=O) groups excluding carboxylic acids is 1. The summed E-state index contributed by atoms with van der Waals surface area (Å²) in [5.41, 5.74) is 5.53. The van der Waals surface area contributed by atoms with Crippen LogP contribution in [0.3, 0.4) is 0 Å². The summed E-state index contributed by atoms with van der Waals surface area (Å²) in [6, 6.07) is 0.100. The van der Waals surface area contributed by atoms with E-state index in [-0.39, 0.29) is 18.5 Å². The number of amides is 1. The SMILES string of the molecule is CC(N)CCNC(=O)Cn1cnnn1. The largest absolute Gasteiger partial charge is 0.354 e. The van der Waals surface area contributed by atoms with Crippen molar-refractivity contribution in [2.24, 2.45) is 5.73 Å². The van der Waals surface area contributed by atoms with Crippen molar-refractivity contribution < 1.29 is 4.79 Å². The van der Waals surface area contributed by atoms with Crippen LogP contribution in [-0.2, 0) is 11.3 Å². The van der Waals surface area contributed by atoms with E-state index in [9.17, 15) is 4.79 Å². The third kappa shape index (κ3) is 3.94. The lowest BCUT2D eigenvalue weighted by Gasteiger charge is -2.06. The van der Waals surface area contributed by atoms with Gasteiger partial charge in [0.05, 0.1) is 0 Å². The summed E-state index contributed by atoms with van der Waals surface area (Å²) in [4.78, 5) is 11.2. The quantitative estimate of drug-likeness (QED) is 0.601. The molecule has 0 fully saturated rings. The van der Waals surface area contributed by atoms with Crippen LogP contribution < -0.4 is 11.1 Å². The fourth-order valence-corrected chi connectivity index (χ4v) is 0.895. The molecule has 0 spiro atoms. The van der Waals surface area contributed by atoms with Crippen molar-refractivity contribution in [1.29, 1.82) is 0 Å². The molecule has 7 heteroatoms. The van der Waals surface area contributed by atoms with Crippen LogP contribution in [0.1, 0.15) is 13.3 Å². The van der Waals surface area contributed by atoms with E-state index in [2.05, 4.69) is 20.8 Å². The first-order chi connectivity index (χ1) is 6.68. The molecule has 0 saturated heterocycles. The number of aromatic nitrogens is 4. The van der Waals surface area contributed by atoms with Crippen LogP contribution in [0.2, 0.25) is 0 Å². The summed E-state index contributed by atoms with van der Waals surface area (Å²) in [7, 11) is 0. The topological polar surface area (TPSA) is 98.7 Å². The maximum absolute atomic E-state index is 11.2. The second-order valence-corrected chi connectivity index (χ2v) is 3.12. The Labute approximate surface area is 81.7 Å². The van der Waals surface area contributed by atoms with E-state index in [1.165, 1.54) is 11.0 Å². The Morgan fingerprint density at radius 3 is 3.07 bits per heavy atom. The van der Waals surface area contributed by atoms with E-state index in [0.29, 0.717) is 6.54 Å². The highest BCUT2D eigenvalue weighted by Gasteiger charge is 2.03. The highest BCUT2D eigenvalue weighted by atomic mass is 16.2. The molecule has 1 atom stereocenters. The molecule has 0 aromatic carbocycles. The first kappa shape index (κ1) is 10.6.